The smallest absolute Gasteiger partial charge is 0.319 e. The molecule has 0 saturated heterocycles. The Bertz CT molecular complexity index is 1060. The molecule has 0 saturated carbocycles. The van der Waals surface area contributed by atoms with E-state index in [1.165, 1.54) is 5.56 Å². The van der Waals surface area contributed by atoms with Crippen molar-refractivity contribution in [1.82, 2.24) is 29.8 Å². The third kappa shape index (κ3) is 2.14. The summed E-state index contributed by atoms with van der Waals surface area (Å²) in [7, 11) is 0. The van der Waals surface area contributed by atoms with Crippen LogP contribution in [-0.2, 0) is 6.42 Å². The van der Waals surface area contributed by atoms with Crippen molar-refractivity contribution < 1.29 is 4.42 Å². The average molecular weight is 335 g/mol. The zero-order valence-corrected chi connectivity index (χ0v) is 14.0. The van der Waals surface area contributed by atoms with Crippen LogP contribution in [0.15, 0.2) is 35.1 Å². The minimum atomic E-state index is -0.158. The number of nitrogens with one attached hydrogen (secondary N) is 1. The molecule has 8 heteroatoms. The second kappa shape index (κ2) is 5.17. The molecule has 25 heavy (non-hydrogen) atoms. The lowest BCUT2D eigenvalue weighted by Gasteiger charge is -2.32. The molecule has 4 aromatic heterocycles. The molecule has 0 amide bonds. The first-order valence-electron chi connectivity index (χ1n) is 8.24. The number of hydrogen-bond donors (Lipinski definition) is 1. The number of aromatic amines is 1. The SMILES string of the molecule is Cc1nnc(N2CCc3[nH]cnc3[C@H]2c2cc3c(C)cccn3n2)o1. The van der Waals surface area contributed by atoms with Gasteiger partial charge in [-0.2, -0.15) is 5.10 Å². The third-order valence-corrected chi connectivity index (χ3v) is 4.70. The summed E-state index contributed by atoms with van der Waals surface area (Å²) in [5.41, 5.74) is 5.27. The van der Waals surface area contributed by atoms with Gasteiger partial charge in [0, 0.05) is 31.8 Å². The Morgan fingerprint density at radius 3 is 3.00 bits per heavy atom. The van der Waals surface area contributed by atoms with E-state index in [9.17, 15) is 0 Å². The van der Waals surface area contributed by atoms with Gasteiger partial charge in [-0.25, -0.2) is 9.50 Å². The van der Waals surface area contributed by atoms with E-state index in [1.807, 2.05) is 16.8 Å². The molecule has 0 fully saturated rings. The molecule has 1 aliphatic rings. The Balaban J connectivity index is 1.69. The molecule has 5 rings (SSSR count). The lowest BCUT2D eigenvalue weighted by atomic mass is 10.00. The zero-order chi connectivity index (χ0) is 17.0. The first kappa shape index (κ1) is 14.2. The Kier molecular flexibility index (Phi) is 2.94. The number of nitrogens with zero attached hydrogens (tertiary/aromatic N) is 6. The number of hydrogen-bond acceptors (Lipinski definition) is 6. The molecule has 1 aliphatic heterocycles. The first-order valence-corrected chi connectivity index (χ1v) is 8.24. The summed E-state index contributed by atoms with van der Waals surface area (Å²) in [6.45, 7) is 4.64. The van der Waals surface area contributed by atoms with Crippen molar-refractivity contribution in [3.05, 3.63) is 59.3 Å². The molecule has 0 bridgehead atoms. The summed E-state index contributed by atoms with van der Waals surface area (Å²) in [5.74, 6) is 0.549. The van der Waals surface area contributed by atoms with Crippen molar-refractivity contribution in [2.24, 2.45) is 0 Å². The van der Waals surface area contributed by atoms with Gasteiger partial charge in [0.25, 0.3) is 0 Å². The Hall–Kier alpha value is -3.16. The molecule has 126 valence electrons. The van der Waals surface area contributed by atoms with Crippen LogP contribution in [0.4, 0.5) is 6.01 Å². The van der Waals surface area contributed by atoms with Gasteiger partial charge in [0.1, 0.15) is 6.04 Å². The van der Waals surface area contributed by atoms with Crippen molar-refractivity contribution in [3.8, 4) is 0 Å². The molecule has 8 nitrogen and oxygen atoms in total. The monoisotopic (exact) mass is 335 g/mol. The zero-order valence-electron chi connectivity index (χ0n) is 14.0. The normalized spacial score (nSPS) is 17.2. The van der Waals surface area contributed by atoms with E-state index in [0.29, 0.717) is 11.9 Å². The molecule has 0 aliphatic carbocycles. The summed E-state index contributed by atoms with van der Waals surface area (Å²) in [6.07, 6.45) is 4.54. The van der Waals surface area contributed by atoms with Gasteiger partial charge in [0.05, 0.1) is 23.2 Å². The van der Waals surface area contributed by atoms with Crippen LogP contribution in [0.1, 0.15) is 34.6 Å². The first-order chi connectivity index (χ1) is 12.2. The largest absolute Gasteiger partial charge is 0.408 e. The summed E-state index contributed by atoms with van der Waals surface area (Å²) in [6, 6.07) is 6.54. The second-order valence-corrected chi connectivity index (χ2v) is 6.31. The average Bonchev–Trinajstić information content (AvgIpc) is 3.32. The molecular weight excluding hydrogens is 318 g/mol. The molecule has 0 aromatic carbocycles. The van der Waals surface area contributed by atoms with Gasteiger partial charge in [-0.1, -0.05) is 11.2 Å². The highest BCUT2D eigenvalue weighted by Gasteiger charge is 2.35. The van der Waals surface area contributed by atoms with E-state index in [0.717, 1.165) is 35.6 Å². The third-order valence-electron chi connectivity index (χ3n) is 4.70. The van der Waals surface area contributed by atoms with E-state index in [-0.39, 0.29) is 6.04 Å². The maximum Gasteiger partial charge on any atom is 0.319 e. The maximum atomic E-state index is 5.70. The molecule has 0 unspecified atom stereocenters. The van der Waals surface area contributed by atoms with Gasteiger partial charge in [0.2, 0.25) is 5.89 Å². The molecule has 1 N–H and O–H groups in total. The number of anilines is 1. The molecule has 0 spiro atoms. The van der Waals surface area contributed by atoms with Gasteiger partial charge < -0.3 is 14.3 Å². The van der Waals surface area contributed by atoms with Crippen LogP contribution in [0.2, 0.25) is 0 Å². The van der Waals surface area contributed by atoms with Gasteiger partial charge in [-0.05, 0) is 24.6 Å². The fraction of sp³-hybridized carbons (Fsp3) is 0.294. The number of pyridine rings is 1. The number of fused-ring (bicyclic) bond motifs is 2. The minimum Gasteiger partial charge on any atom is -0.408 e. The minimum absolute atomic E-state index is 0.158. The Morgan fingerprint density at radius 1 is 1.28 bits per heavy atom. The van der Waals surface area contributed by atoms with Crippen molar-refractivity contribution in [2.75, 3.05) is 11.4 Å². The van der Waals surface area contributed by atoms with Gasteiger partial charge in [-0.15, -0.1) is 5.10 Å². The van der Waals surface area contributed by atoms with Gasteiger partial charge >= 0.3 is 6.01 Å². The predicted octanol–water partition coefficient (Wildman–Crippen LogP) is 2.21. The van der Waals surface area contributed by atoms with E-state index in [2.05, 4.69) is 44.1 Å². The maximum absolute atomic E-state index is 5.70. The number of rotatable bonds is 2. The van der Waals surface area contributed by atoms with Crippen LogP contribution in [0, 0.1) is 13.8 Å². The summed E-state index contributed by atoms with van der Waals surface area (Å²) in [4.78, 5) is 9.88. The summed E-state index contributed by atoms with van der Waals surface area (Å²) >= 11 is 0. The van der Waals surface area contributed by atoms with Gasteiger partial charge in [-0.3, -0.25) is 0 Å². The Morgan fingerprint density at radius 2 is 2.20 bits per heavy atom. The van der Waals surface area contributed by atoms with Crippen LogP contribution >= 0.6 is 0 Å². The molecule has 0 radical (unpaired) electrons. The van der Waals surface area contributed by atoms with E-state index in [4.69, 9.17) is 9.52 Å². The van der Waals surface area contributed by atoms with Crippen molar-refractivity contribution in [2.45, 2.75) is 26.3 Å². The topological polar surface area (TPSA) is 88.1 Å². The fourth-order valence-corrected chi connectivity index (χ4v) is 3.49. The van der Waals surface area contributed by atoms with E-state index < -0.39 is 0 Å². The van der Waals surface area contributed by atoms with Crippen LogP contribution < -0.4 is 4.90 Å². The molecule has 1 atom stereocenters. The van der Waals surface area contributed by atoms with Crippen molar-refractivity contribution in [3.63, 3.8) is 0 Å². The lowest BCUT2D eigenvalue weighted by Crippen LogP contribution is -2.36. The molecular formula is C17H17N7O. The highest BCUT2D eigenvalue weighted by atomic mass is 16.4. The van der Waals surface area contributed by atoms with Gasteiger partial charge in [0.15, 0.2) is 0 Å². The summed E-state index contributed by atoms with van der Waals surface area (Å²) < 4.78 is 7.60. The van der Waals surface area contributed by atoms with E-state index >= 15 is 0 Å². The molecule has 4 aromatic rings. The highest BCUT2D eigenvalue weighted by molar-refractivity contribution is 5.56. The second-order valence-electron chi connectivity index (χ2n) is 6.31. The standard InChI is InChI=1S/C17H17N7O/c1-10-4-3-6-24-14(10)8-13(22-24)16-15-12(18-9-19-15)5-7-23(16)17-21-20-11(2)25-17/h3-4,6,8-9,16H,5,7H2,1-2H3,(H,18,19)/t16-/m1/s1. The number of imidazole rings is 1. The van der Waals surface area contributed by atoms with Crippen LogP contribution in [-0.4, -0.2) is 36.3 Å². The van der Waals surface area contributed by atoms with Crippen LogP contribution in [0.25, 0.3) is 5.52 Å². The quantitative estimate of drug-likeness (QED) is 0.604. The van der Waals surface area contributed by atoms with Crippen molar-refractivity contribution >= 4 is 11.5 Å². The van der Waals surface area contributed by atoms with Crippen molar-refractivity contribution in [1.29, 1.82) is 0 Å². The predicted molar refractivity (Wildman–Crippen MR) is 90.4 cm³/mol. The number of H-pyrrole nitrogens is 1. The lowest BCUT2D eigenvalue weighted by molar-refractivity contribution is 0.477. The number of aryl methyl sites for hydroxylation is 2. The Labute approximate surface area is 143 Å². The van der Waals surface area contributed by atoms with E-state index in [1.54, 1.807) is 13.3 Å². The molecule has 5 heterocycles. The number of aromatic nitrogens is 6. The van der Waals surface area contributed by atoms with Crippen LogP contribution in [0.5, 0.6) is 0 Å². The van der Waals surface area contributed by atoms with Crippen LogP contribution in [0.3, 0.4) is 0 Å². The summed E-state index contributed by atoms with van der Waals surface area (Å²) in [5, 5.41) is 13.0. The highest BCUT2D eigenvalue weighted by Crippen LogP contribution is 2.36. The fourth-order valence-electron chi connectivity index (χ4n) is 3.49.